The largest absolute Gasteiger partial charge is 0.492 e. The van der Waals surface area contributed by atoms with Crippen molar-refractivity contribution >= 4 is 22.9 Å². The number of benzene rings is 1. The smallest absolute Gasteiger partial charge is 0.245 e. The molecule has 0 bridgehead atoms. The molecule has 1 aliphatic rings. The zero-order valence-electron chi connectivity index (χ0n) is 17.2. The maximum atomic E-state index is 5.82. The highest BCUT2D eigenvalue weighted by atomic mass is 16.6. The number of hydrogen-bond acceptors (Lipinski definition) is 10. The Kier molecular flexibility index (Phi) is 6.88. The third-order valence-electron chi connectivity index (χ3n) is 5.00. The minimum Gasteiger partial charge on any atom is -0.492 e. The van der Waals surface area contributed by atoms with Crippen molar-refractivity contribution in [2.24, 2.45) is 0 Å². The van der Waals surface area contributed by atoms with E-state index in [1.165, 1.54) is 0 Å². The molecule has 2 aromatic heterocycles. The summed E-state index contributed by atoms with van der Waals surface area (Å²) in [4.78, 5) is 13.8. The average molecular weight is 413 g/mol. The van der Waals surface area contributed by atoms with Gasteiger partial charge in [-0.05, 0) is 28.9 Å². The predicted molar refractivity (Wildman–Crippen MR) is 113 cm³/mol. The number of aromatic nitrogens is 4. The van der Waals surface area contributed by atoms with Crippen LogP contribution in [0.15, 0.2) is 35.0 Å². The summed E-state index contributed by atoms with van der Waals surface area (Å²) in [6.07, 6.45) is 0.877. The molecule has 3 aromatic rings. The van der Waals surface area contributed by atoms with Gasteiger partial charge in [0.2, 0.25) is 11.3 Å². The molecule has 3 heterocycles. The van der Waals surface area contributed by atoms with Crippen LogP contribution >= 0.6 is 0 Å². The number of anilines is 2. The van der Waals surface area contributed by atoms with Crippen LogP contribution in [-0.4, -0.2) is 84.8 Å². The molecule has 1 saturated heterocycles. The molecule has 0 amide bonds. The average Bonchev–Trinajstić information content (AvgIpc) is 3.25. The van der Waals surface area contributed by atoms with E-state index in [0.717, 1.165) is 57.3 Å². The Labute approximate surface area is 175 Å². The SMILES string of the molecule is COCCCNc1nc2nonc2nc1N1CCN(CCOc2ccccc2)CC1. The molecule has 1 aromatic carbocycles. The Balaban J connectivity index is 1.33. The van der Waals surface area contributed by atoms with Crippen LogP contribution in [0.25, 0.3) is 11.3 Å². The molecule has 0 spiro atoms. The Bertz CT molecular complexity index is 913. The summed E-state index contributed by atoms with van der Waals surface area (Å²) in [6, 6.07) is 9.91. The Hall–Kier alpha value is -2.98. The first-order chi connectivity index (χ1) is 14.8. The van der Waals surface area contributed by atoms with Gasteiger partial charge in [-0.25, -0.2) is 14.6 Å². The molecule has 0 radical (unpaired) electrons. The van der Waals surface area contributed by atoms with Crippen LogP contribution in [0, 0.1) is 0 Å². The second-order valence-corrected chi connectivity index (χ2v) is 7.07. The van der Waals surface area contributed by atoms with E-state index in [2.05, 4.69) is 35.4 Å². The van der Waals surface area contributed by atoms with E-state index in [9.17, 15) is 0 Å². The van der Waals surface area contributed by atoms with Gasteiger partial charge in [-0.15, -0.1) is 0 Å². The Morgan fingerprint density at radius 2 is 1.77 bits per heavy atom. The topological polar surface area (TPSA) is 102 Å². The summed E-state index contributed by atoms with van der Waals surface area (Å²) >= 11 is 0. The van der Waals surface area contributed by atoms with Crippen molar-refractivity contribution in [2.45, 2.75) is 6.42 Å². The van der Waals surface area contributed by atoms with Gasteiger partial charge in [-0.2, -0.15) is 0 Å². The van der Waals surface area contributed by atoms with Gasteiger partial charge in [0.05, 0.1) is 0 Å². The summed E-state index contributed by atoms with van der Waals surface area (Å²) in [5.41, 5.74) is 0.829. The third-order valence-corrected chi connectivity index (χ3v) is 5.00. The van der Waals surface area contributed by atoms with E-state index in [1.807, 2.05) is 30.3 Å². The molecule has 0 unspecified atom stereocenters. The maximum Gasteiger partial charge on any atom is 0.245 e. The Morgan fingerprint density at radius 3 is 2.53 bits per heavy atom. The van der Waals surface area contributed by atoms with Crippen molar-refractivity contribution in [3.8, 4) is 5.75 Å². The lowest BCUT2D eigenvalue weighted by molar-refractivity contribution is 0.197. The molecular weight excluding hydrogens is 386 g/mol. The van der Waals surface area contributed by atoms with E-state index in [4.69, 9.17) is 14.1 Å². The zero-order chi connectivity index (χ0) is 20.6. The lowest BCUT2D eigenvalue weighted by atomic mass is 10.3. The molecular formula is C20H27N7O3. The molecule has 1 N–H and O–H groups in total. The summed E-state index contributed by atoms with van der Waals surface area (Å²) < 4.78 is 15.7. The molecule has 0 saturated carbocycles. The second kappa shape index (κ2) is 10.2. The Morgan fingerprint density at radius 1 is 1.00 bits per heavy atom. The van der Waals surface area contributed by atoms with Crippen molar-refractivity contribution in [1.29, 1.82) is 0 Å². The van der Waals surface area contributed by atoms with Crippen LogP contribution in [0.1, 0.15) is 6.42 Å². The van der Waals surface area contributed by atoms with Gasteiger partial charge in [0.25, 0.3) is 0 Å². The van der Waals surface area contributed by atoms with Crippen LogP contribution < -0.4 is 15.0 Å². The third kappa shape index (κ3) is 5.14. The number of ether oxygens (including phenoxy) is 2. The molecule has 1 aliphatic heterocycles. The van der Waals surface area contributed by atoms with Crippen LogP contribution in [0.5, 0.6) is 5.75 Å². The first kappa shape index (κ1) is 20.3. The van der Waals surface area contributed by atoms with E-state index in [0.29, 0.717) is 30.3 Å². The summed E-state index contributed by atoms with van der Waals surface area (Å²) in [5, 5.41) is 11.0. The summed E-state index contributed by atoms with van der Waals surface area (Å²) in [5.74, 6) is 2.40. The number of fused-ring (bicyclic) bond motifs is 1. The first-order valence-electron chi connectivity index (χ1n) is 10.2. The number of para-hydroxylation sites is 1. The van der Waals surface area contributed by atoms with E-state index >= 15 is 0 Å². The van der Waals surface area contributed by atoms with E-state index in [1.54, 1.807) is 7.11 Å². The van der Waals surface area contributed by atoms with Gasteiger partial charge in [-0.3, -0.25) is 4.90 Å². The molecule has 0 atom stereocenters. The quantitative estimate of drug-likeness (QED) is 0.494. The molecule has 1 fully saturated rings. The van der Waals surface area contributed by atoms with Crippen LogP contribution in [0.4, 0.5) is 11.6 Å². The molecule has 10 heteroatoms. The van der Waals surface area contributed by atoms with E-state index in [-0.39, 0.29) is 0 Å². The molecule has 30 heavy (non-hydrogen) atoms. The number of piperazine rings is 1. The standard InChI is InChI=1S/C20H27N7O3/c1-28-14-5-8-21-19-20(23-18-17(22-19)24-30-25-18)27-11-9-26(10-12-27)13-15-29-16-6-3-2-4-7-16/h2-4,6-7H,5,8-15H2,1H3,(H,21,22,24). The number of nitrogens with one attached hydrogen (secondary N) is 1. The minimum atomic E-state index is 0.407. The van der Waals surface area contributed by atoms with Crippen molar-refractivity contribution in [2.75, 3.05) is 69.8 Å². The highest BCUT2D eigenvalue weighted by Gasteiger charge is 2.23. The van der Waals surface area contributed by atoms with Crippen LogP contribution in [0.2, 0.25) is 0 Å². The summed E-state index contributed by atoms with van der Waals surface area (Å²) in [7, 11) is 1.70. The van der Waals surface area contributed by atoms with Gasteiger partial charge in [0, 0.05) is 53.0 Å². The fourth-order valence-electron chi connectivity index (χ4n) is 3.38. The predicted octanol–water partition coefficient (Wildman–Crippen LogP) is 1.66. The zero-order valence-corrected chi connectivity index (χ0v) is 17.2. The number of methoxy groups -OCH3 is 1. The minimum absolute atomic E-state index is 0.407. The number of nitrogens with zero attached hydrogens (tertiary/aromatic N) is 6. The molecule has 4 rings (SSSR count). The summed E-state index contributed by atoms with van der Waals surface area (Å²) in [6.45, 7) is 6.55. The highest BCUT2D eigenvalue weighted by molar-refractivity contribution is 5.74. The lowest BCUT2D eigenvalue weighted by Crippen LogP contribution is -2.48. The van der Waals surface area contributed by atoms with Gasteiger partial charge >= 0.3 is 0 Å². The van der Waals surface area contributed by atoms with E-state index < -0.39 is 0 Å². The number of hydrogen-bond donors (Lipinski definition) is 1. The number of rotatable bonds is 10. The van der Waals surface area contributed by atoms with Crippen molar-refractivity contribution < 1.29 is 14.1 Å². The molecule has 0 aliphatic carbocycles. The van der Waals surface area contributed by atoms with Gasteiger partial charge in [-0.1, -0.05) is 18.2 Å². The maximum absolute atomic E-state index is 5.82. The molecule has 160 valence electrons. The normalized spacial score (nSPS) is 14.9. The fourth-order valence-corrected chi connectivity index (χ4v) is 3.38. The van der Waals surface area contributed by atoms with Crippen molar-refractivity contribution in [1.82, 2.24) is 25.2 Å². The van der Waals surface area contributed by atoms with Gasteiger partial charge in [0.1, 0.15) is 12.4 Å². The van der Waals surface area contributed by atoms with Gasteiger partial charge < -0.3 is 19.7 Å². The highest BCUT2D eigenvalue weighted by Crippen LogP contribution is 2.25. The second-order valence-electron chi connectivity index (χ2n) is 7.07. The van der Waals surface area contributed by atoms with Gasteiger partial charge in [0.15, 0.2) is 11.6 Å². The lowest BCUT2D eigenvalue weighted by Gasteiger charge is -2.35. The van der Waals surface area contributed by atoms with Crippen LogP contribution in [0.3, 0.4) is 0 Å². The molecule has 10 nitrogen and oxygen atoms in total. The monoisotopic (exact) mass is 413 g/mol. The van der Waals surface area contributed by atoms with Crippen LogP contribution in [-0.2, 0) is 4.74 Å². The first-order valence-corrected chi connectivity index (χ1v) is 10.2. The fraction of sp³-hybridized carbons (Fsp3) is 0.500. The van der Waals surface area contributed by atoms with Crippen molar-refractivity contribution in [3.05, 3.63) is 30.3 Å². The van der Waals surface area contributed by atoms with Crippen molar-refractivity contribution in [3.63, 3.8) is 0 Å².